The summed E-state index contributed by atoms with van der Waals surface area (Å²) in [5.74, 6) is 0. The smallest absolute Gasteiger partial charge is 0.136 e. The average Bonchev–Trinajstić information content (AvgIpc) is 4.08. The van der Waals surface area contributed by atoms with Crippen molar-refractivity contribution in [3.8, 4) is 44.5 Å². The Morgan fingerprint density at radius 2 is 0.612 bits per heavy atom. The Balaban J connectivity index is 0.917. The largest absolute Gasteiger partial charge is 0.456 e. The van der Waals surface area contributed by atoms with Crippen LogP contribution in [0.3, 0.4) is 0 Å². The van der Waals surface area contributed by atoms with E-state index in [-0.39, 0.29) is 0 Å². The summed E-state index contributed by atoms with van der Waals surface area (Å²) in [6.07, 6.45) is 0. The maximum absolute atomic E-state index is 6.82. The predicted molar refractivity (Wildman–Crippen MR) is 291 cm³/mol. The summed E-state index contributed by atoms with van der Waals surface area (Å²) in [5, 5.41) is 17.5. The maximum Gasteiger partial charge on any atom is 0.136 e. The molecular weight excluding hydrogens is 849 g/mol. The number of benzene rings is 12. The third-order valence-corrected chi connectivity index (χ3v) is 16.7. The predicted octanol–water partition coefficient (Wildman–Crippen LogP) is 19.6. The van der Waals surface area contributed by atoms with Gasteiger partial charge in [0.25, 0.3) is 0 Å². The number of rotatable bonds is 4. The van der Waals surface area contributed by atoms with Crippen LogP contribution in [0.4, 0.5) is 0 Å². The molecule has 15 aromatic rings. The Bertz CT molecular complexity index is 4470. The van der Waals surface area contributed by atoms with Crippen LogP contribution in [-0.4, -0.2) is 0 Å². The summed E-state index contributed by atoms with van der Waals surface area (Å²) in [4.78, 5) is 0. The second-order valence-corrected chi connectivity index (χ2v) is 19.9. The van der Waals surface area contributed by atoms with Gasteiger partial charge >= 0.3 is 0 Å². The van der Waals surface area contributed by atoms with Gasteiger partial charge in [-0.3, -0.25) is 0 Å². The van der Waals surface area contributed by atoms with Gasteiger partial charge in [0, 0.05) is 62.2 Å². The van der Waals surface area contributed by atoms with E-state index in [4.69, 9.17) is 4.42 Å². The highest BCUT2D eigenvalue weighted by Crippen LogP contribution is 2.51. The molecule has 0 saturated carbocycles. The summed E-state index contributed by atoms with van der Waals surface area (Å²) in [6, 6.07) is 80.7. The third kappa shape index (κ3) is 5.35. The van der Waals surface area contributed by atoms with Gasteiger partial charge in [0.15, 0.2) is 0 Å². The van der Waals surface area contributed by atoms with Crippen molar-refractivity contribution in [3.05, 3.63) is 218 Å². The van der Waals surface area contributed by atoms with Gasteiger partial charge in [-0.25, -0.2) is 0 Å². The molecule has 3 aromatic heterocycles. The van der Waals surface area contributed by atoms with E-state index < -0.39 is 0 Å². The Kier molecular flexibility index (Phi) is 7.88. The van der Waals surface area contributed by atoms with Crippen LogP contribution in [-0.2, 0) is 0 Å². The molecule has 0 amide bonds. The SMILES string of the molecule is c1ccc2c(c1)sc1c(-c3c4ccccc4c(-c4ccc5c(c4)oc4ccc(-c6c7ccccc7c(-c7cccc8c7sc7ccccc78)c7ccccc67)cc45)c4ccccc34)cccc12. The molecule has 0 N–H and O–H groups in total. The Morgan fingerprint density at radius 1 is 0.239 bits per heavy atom. The van der Waals surface area contributed by atoms with E-state index in [2.05, 4.69) is 218 Å². The van der Waals surface area contributed by atoms with Crippen molar-refractivity contribution in [2.24, 2.45) is 0 Å². The number of hydrogen-bond donors (Lipinski definition) is 0. The average molecular weight is 885 g/mol. The topological polar surface area (TPSA) is 13.1 Å². The minimum Gasteiger partial charge on any atom is -0.456 e. The fourth-order valence-electron chi connectivity index (χ4n) is 11.4. The Labute approximate surface area is 393 Å². The lowest BCUT2D eigenvalue weighted by molar-refractivity contribution is 0.669. The van der Waals surface area contributed by atoms with E-state index in [9.17, 15) is 0 Å². The molecule has 1 nitrogen and oxygen atoms in total. The zero-order valence-electron chi connectivity index (χ0n) is 36.0. The number of furan rings is 1. The van der Waals surface area contributed by atoms with E-state index in [1.54, 1.807) is 0 Å². The monoisotopic (exact) mass is 884 g/mol. The van der Waals surface area contributed by atoms with Crippen LogP contribution in [0.5, 0.6) is 0 Å². The molecule has 12 aromatic carbocycles. The lowest BCUT2D eigenvalue weighted by Crippen LogP contribution is -1.91. The first-order valence-corrected chi connectivity index (χ1v) is 24.5. The quantitative estimate of drug-likeness (QED) is 0.161. The number of thiophene rings is 2. The lowest BCUT2D eigenvalue weighted by atomic mass is 9.85. The van der Waals surface area contributed by atoms with Crippen LogP contribution in [0.2, 0.25) is 0 Å². The fraction of sp³-hybridized carbons (Fsp3) is 0. The van der Waals surface area contributed by atoms with Crippen molar-refractivity contribution in [1.82, 2.24) is 0 Å². The van der Waals surface area contributed by atoms with E-state index in [1.165, 1.54) is 122 Å². The highest BCUT2D eigenvalue weighted by molar-refractivity contribution is 7.26. The van der Waals surface area contributed by atoms with Crippen LogP contribution < -0.4 is 0 Å². The molecule has 310 valence electrons. The zero-order valence-corrected chi connectivity index (χ0v) is 37.6. The Morgan fingerprint density at radius 3 is 1.07 bits per heavy atom. The molecule has 0 aliphatic carbocycles. The van der Waals surface area contributed by atoms with Crippen molar-refractivity contribution in [2.75, 3.05) is 0 Å². The summed E-state index contributed by atoms with van der Waals surface area (Å²) in [7, 11) is 0. The van der Waals surface area contributed by atoms with Gasteiger partial charge in [0.05, 0.1) is 0 Å². The number of fused-ring (bicyclic) bond motifs is 13. The molecule has 0 aliphatic heterocycles. The van der Waals surface area contributed by atoms with E-state index >= 15 is 0 Å². The first kappa shape index (κ1) is 37.2. The van der Waals surface area contributed by atoms with Gasteiger partial charge in [0.1, 0.15) is 11.2 Å². The molecule has 0 radical (unpaired) electrons. The van der Waals surface area contributed by atoms with Crippen LogP contribution in [0, 0.1) is 0 Å². The van der Waals surface area contributed by atoms with Crippen molar-refractivity contribution in [2.45, 2.75) is 0 Å². The van der Waals surface area contributed by atoms with Crippen molar-refractivity contribution >= 4 is 128 Å². The molecule has 0 aliphatic rings. The second-order valence-electron chi connectivity index (χ2n) is 17.8. The van der Waals surface area contributed by atoms with Crippen LogP contribution in [0.25, 0.3) is 150 Å². The lowest BCUT2D eigenvalue weighted by Gasteiger charge is -2.18. The molecule has 0 atom stereocenters. The molecule has 0 bridgehead atoms. The minimum atomic E-state index is 0.887. The van der Waals surface area contributed by atoms with E-state index in [1.807, 2.05) is 22.7 Å². The van der Waals surface area contributed by atoms with Crippen molar-refractivity contribution < 1.29 is 4.42 Å². The normalized spacial score (nSPS) is 12.2. The standard InChI is InChI=1S/C64H36OS2/c1-5-21-46-42(17-1)59(43-18-2-6-22-47(43)61(46)52-27-13-25-50-40-15-9-11-29-57(40)66-63(50)52)37-32-34-55-54(35-37)39-33-31-38(36-56(39)65-55)60-44-19-3-7-23-48(44)62(49-24-8-4-20-45(49)60)53-28-14-26-51-41-16-10-12-30-58(41)67-64(51)53/h1-36H. The molecule has 0 unspecified atom stereocenters. The van der Waals surface area contributed by atoms with Crippen LogP contribution >= 0.6 is 22.7 Å². The Hall–Kier alpha value is -8.08. The summed E-state index contributed by atoms with van der Waals surface area (Å²) < 4.78 is 12.1. The highest BCUT2D eigenvalue weighted by atomic mass is 32.1. The second kappa shape index (κ2) is 14.2. The molecular formula is C64H36OS2. The molecule has 15 rings (SSSR count). The zero-order chi connectivity index (χ0) is 43.7. The van der Waals surface area contributed by atoms with Gasteiger partial charge < -0.3 is 4.42 Å². The maximum atomic E-state index is 6.82. The molecule has 67 heavy (non-hydrogen) atoms. The van der Waals surface area contributed by atoms with Gasteiger partial charge in [-0.05, 0) is 113 Å². The van der Waals surface area contributed by atoms with Crippen LogP contribution in [0.15, 0.2) is 223 Å². The fourth-order valence-corrected chi connectivity index (χ4v) is 13.9. The molecule has 0 spiro atoms. The van der Waals surface area contributed by atoms with Crippen molar-refractivity contribution in [3.63, 3.8) is 0 Å². The summed E-state index contributed by atoms with van der Waals surface area (Å²) >= 11 is 3.79. The minimum absolute atomic E-state index is 0.887. The van der Waals surface area contributed by atoms with E-state index in [0.29, 0.717) is 0 Å². The van der Waals surface area contributed by atoms with E-state index in [0.717, 1.165) is 27.5 Å². The molecule has 3 heteroatoms. The van der Waals surface area contributed by atoms with Gasteiger partial charge in [-0.1, -0.05) is 182 Å². The summed E-state index contributed by atoms with van der Waals surface area (Å²) in [6.45, 7) is 0. The first-order valence-electron chi connectivity index (χ1n) is 22.9. The molecule has 0 saturated heterocycles. The van der Waals surface area contributed by atoms with Crippen LogP contribution in [0.1, 0.15) is 0 Å². The highest BCUT2D eigenvalue weighted by Gasteiger charge is 2.23. The van der Waals surface area contributed by atoms with Gasteiger partial charge in [-0.2, -0.15) is 0 Å². The first-order chi connectivity index (χ1) is 33.2. The summed E-state index contributed by atoms with van der Waals surface area (Å²) in [5.41, 5.74) is 11.7. The van der Waals surface area contributed by atoms with Crippen molar-refractivity contribution in [1.29, 1.82) is 0 Å². The van der Waals surface area contributed by atoms with Gasteiger partial charge in [-0.15, -0.1) is 22.7 Å². The molecule has 3 heterocycles. The number of hydrogen-bond acceptors (Lipinski definition) is 3. The third-order valence-electron chi connectivity index (χ3n) is 14.3. The molecule has 0 fully saturated rings. The van der Waals surface area contributed by atoms with Gasteiger partial charge in [0.2, 0.25) is 0 Å².